The number of carbonyl (C=O) groups excluding carboxylic acids is 2. The van der Waals surface area contributed by atoms with Gasteiger partial charge in [-0.25, -0.2) is 0 Å². The van der Waals surface area contributed by atoms with Crippen molar-refractivity contribution in [1.29, 1.82) is 0 Å². The number of nitrogens with zero attached hydrogens (tertiary/aromatic N) is 1. The number of benzene rings is 1. The average Bonchev–Trinajstić information content (AvgIpc) is 2.69. The number of hydrogen-bond donors (Lipinski definition) is 2. The molecule has 1 saturated heterocycles. The molecule has 1 aliphatic heterocycles. The number of aliphatic carboxylic acids is 1. The number of morpholine rings is 1. The van der Waals surface area contributed by atoms with E-state index in [4.69, 9.17) is 4.74 Å². The Kier molecular flexibility index (Phi) is 5.91. The van der Waals surface area contributed by atoms with Gasteiger partial charge in [-0.2, -0.15) is 0 Å². The number of anilines is 1. The van der Waals surface area contributed by atoms with E-state index in [0.29, 0.717) is 56.0 Å². The summed E-state index contributed by atoms with van der Waals surface area (Å²) in [6, 6.07) is 5.20. The molecule has 3 rings (SSSR count). The Labute approximate surface area is 158 Å². The summed E-state index contributed by atoms with van der Waals surface area (Å²) in [4.78, 5) is 38.6. The maximum atomic E-state index is 12.8. The van der Waals surface area contributed by atoms with Crippen LogP contribution in [0.1, 0.15) is 28.8 Å². The van der Waals surface area contributed by atoms with Crippen LogP contribution in [0.15, 0.2) is 30.4 Å². The summed E-state index contributed by atoms with van der Waals surface area (Å²) in [5.74, 6) is -2.73. The second-order valence-corrected chi connectivity index (χ2v) is 6.87. The van der Waals surface area contributed by atoms with Gasteiger partial charge >= 0.3 is 5.97 Å². The first-order valence-corrected chi connectivity index (χ1v) is 9.14. The molecule has 2 atom stereocenters. The van der Waals surface area contributed by atoms with Crippen LogP contribution in [0.5, 0.6) is 0 Å². The number of nitrogens with one attached hydrogen (secondary N) is 1. The highest BCUT2D eigenvalue weighted by molar-refractivity contribution is 6.00. The number of carbonyl (C=O) groups is 3. The van der Waals surface area contributed by atoms with Crippen LogP contribution in [0.25, 0.3) is 0 Å². The molecule has 0 unspecified atom stereocenters. The van der Waals surface area contributed by atoms with Crippen LogP contribution in [0.4, 0.5) is 5.69 Å². The zero-order valence-electron chi connectivity index (χ0n) is 15.3. The van der Waals surface area contributed by atoms with E-state index < -0.39 is 17.8 Å². The lowest BCUT2D eigenvalue weighted by atomic mass is 9.82. The van der Waals surface area contributed by atoms with E-state index in [1.54, 1.807) is 36.1 Å². The topological polar surface area (TPSA) is 95.9 Å². The molecule has 1 fully saturated rings. The zero-order valence-corrected chi connectivity index (χ0v) is 15.3. The van der Waals surface area contributed by atoms with Crippen molar-refractivity contribution in [3.05, 3.63) is 41.5 Å². The summed E-state index contributed by atoms with van der Waals surface area (Å²) in [6.07, 6.45) is 4.39. The van der Waals surface area contributed by atoms with Crippen LogP contribution >= 0.6 is 0 Å². The first kappa shape index (κ1) is 19.1. The third-order valence-corrected chi connectivity index (χ3v) is 5.21. The Bertz CT molecular complexity index is 768. The van der Waals surface area contributed by atoms with Gasteiger partial charge in [-0.05, 0) is 37.5 Å². The Morgan fingerprint density at radius 3 is 2.44 bits per heavy atom. The molecule has 7 nitrogen and oxygen atoms in total. The molecule has 144 valence electrons. The molecule has 0 bridgehead atoms. The van der Waals surface area contributed by atoms with Crippen molar-refractivity contribution in [2.75, 3.05) is 31.6 Å². The standard InChI is InChI=1S/C20H24N2O5/c1-13-14(19(24)22-9-11-27-12-10-22)7-4-8-17(13)21-18(23)15-5-2-3-6-16(15)20(25)26/h2-4,7-8,15-16H,5-6,9-12H2,1H3,(H,21,23)(H,25,26)/t15-,16-/m0/s1. The van der Waals surface area contributed by atoms with Crippen molar-refractivity contribution in [2.45, 2.75) is 19.8 Å². The lowest BCUT2D eigenvalue weighted by molar-refractivity contribution is -0.146. The number of rotatable bonds is 4. The van der Waals surface area contributed by atoms with Crippen LogP contribution in [0.2, 0.25) is 0 Å². The second-order valence-electron chi connectivity index (χ2n) is 6.87. The maximum Gasteiger partial charge on any atom is 0.307 e. The predicted octanol–water partition coefficient (Wildman–Crippen LogP) is 2.07. The number of hydrogen-bond acceptors (Lipinski definition) is 4. The summed E-state index contributed by atoms with van der Waals surface area (Å²) in [7, 11) is 0. The first-order chi connectivity index (χ1) is 13.0. The summed E-state index contributed by atoms with van der Waals surface area (Å²) in [5, 5.41) is 12.2. The van der Waals surface area contributed by atoms with Crippen molar-refractivity contribution in [3.8, 4) is 0 Å². The predicted molar refractivity (Wildman–Crippen MR) is 99.5 cm³/mol. The van der Waals surface area contributed by atoms with E-state index in [0.717, 1.165) is 0 Å². The molecule has 0 radical (unpaired) electrons. The minimum Gasteiger partial charge on any atom is -0.481 e. The van der Waals surface area contributed by atoms with Gasteiger partial charge in [-0.15, -0.1) is 0 Å². The molecule has 1 aromatic carbocycles. The highest BCUT2D eigenvalue weighted by atomic mass is 16.5. The van der Waals surface area contributed by atoms with Crippen LogP contribution in [-0.2, 0) is 14.3 Å². The van der Waals surface area contributed by atoms with Crippen LogP contribution in [0, 0.1) is 18.8 Å². The molecular weight excluding hydrogens is 348 g/mol. The van der Waals surface area contributed by atoms with Gasteiger partial charge in [-0.1, -0.05) is 18.2 Å². The van der Waals surface area contributed by atoms with Gasteiger partial charge in [0.05, 0.1) is 25.0 Å². The minimum atomic E-state index is -0.965. The van der Waals surface area contributed by atoms with Gasteiger partial charge in [0.25, 0.3) is 5.91 Å². The molecule has 2 amide bonds. The largest absolute Gasteiger partial charge is 0.481 e. The van der Waals surface area contributed by atoms with E-state index in [-0.39, 0.29) is 11.8 Å². The Hall–Kier alpha value is -2.67. The molecule has 1 aromatic rings. The molecule has 0 aromatic heterocycles. The highest BCUT2D eigenvalue weighted by Crippen LogP contribution is 2.28. The second kappa shape index (κ2) is 8.35. The van der Waals surface area contributed by atoms with E-state index in [1.807, 2.05) is 6.08 Å². The molecule has 27 heavy (non-hydrogen) atoms. The third-order valence-electron chi connectivity index (χ3n) is 5.21. The highest BCUT2D eigenvalue weighted by Gasteiger charge is 2.34. The van der Waals surface area contributed by atoms with Crippen molar-refractivity contribution in [3.63, 3.8) is 0 Å². The summed E-state index contributed by atoms with van der Waals surface area (Å²) in [5.41, 5.74) is 1.76. The molecule has 0 spiro atoms. The Morgan fingerprint density at radius 1 is 1.11 bits per heavy atom. The average molecular weight is 372 g/mol. The number of allylic oxidation sites excluding steroid dienone is 2. The molecular formula is C20H24N2O5. The van der Waals surface area contributed by atoms with Crippen molar-refractivity contribution < 1.29 is 24.2 Å². The van der Waals surface area contributed by atoms with Crippen molar-refractivity contribution >= 4 is 23.5 Å². The summed E-state index contributed by atoms with van der Waals surface area (Å²) in [6.45, 7) is 3.92. The molecule has 2 aliphatic rings. The van der Waals surface area contributed by atoms with E-state index in [9.17, 15) is 19.5 Å². The quantitative estimate of drug-likeness (QED) is 0.789. The van der Waals surface area contributed by atoms with Crippen molar-refractivity contribution in [2.24, 2.45) is 11.8 Å². The normalized spacial score (nSPS) is 22.3. The molecule has 1 aliphatic carbocycles. The van der Waals surface area contributed by atoms with Gasteiger partial charge in [0, 0.05) is 24.3 Å². The lowest BCUT2D eigenvalue weighted by Gasteiger charge is -2.28. The number of carboxylic acids is 1. The third kappa shape index (κ3) is 4.19. The zero-order chi connectivity index (χ0) is 19.4. The number of ether oxygens (including phenoxy) is 1. The van der Waals surface area contributed by atoms with Gasteiger partial charge in [0.1, 0.15) is 0 Å². The van der Waals surface area contributed by atoms with Gasteiger partial charge in [-0.3, -0.25) is 14.4 Å². The monoisotopic (exact) mass is 372 g/mol. The van der Waals surface area contributed by atoms with E-state index in [2.05, 4.69) is 5.32 Å². The van der Waals surface area contributed by atoms with E-state index in [1.165, 1.54) is 0 Å². The summed E-state index contributed by atoms with van der Waals surface area (Å²) >= 11 is 0. The maximum absolute atomic E-state index is 12.8. The van der Waals surface area contributed by atoms with Gasteiger partial charge < -0.3 is 20.1 Å². The van der Waals surface area contributed by atoms with Crippen LogP contribution in [0.3, 0.4) is 0 Å². The molecule has 2 N–H and O–H groups in total. The number of carboxylic acid groups (broad SMARTS) is 1. The first-order valence-electron chi connectivity index (χ1n) is 9.14. The number of amides is 2. The molecule has 0 saturated carbocycles. The van der Waals surface area contributed by atoms with E-state index >= 15 is 0 Å². The fraction of sp³-hybridized carbons (Fsp3) is 0.450. The molecule has 7 heteroatoms. The van der Waals surface area contributed by atoms with Crippen molar-refractivity contribution in [1.82, 2.24) is 4.90 Å². The Morgan fingerprint density at radius 2 is 1.78 bits per heavy atom. The smallest absolute Gasteiger partial charge is 0.307 e. The van der Waals surface area contributed by atoms with Gasteiger partial charge in [0.2, 0.25) is 5.91 Å². The Balaban J connectivity index is 1.77. The SMILES string of the molecule is Cc1c(NC(=O)[C@H]2CC=CC[C@@H]2C(=O)O)cccc1C(=O)N1CCOCC1. The van der Waals surface area contributed by atoms with Crippen LogP contribution < -0.4 is 5.32 Å². The van der Waals surface area contributed by atoms with Gasteiger partial charge in [0.15, 0.2) is 0 Å². The fourth-order valence-electron chi connectivity index (χ4n) is 3.54. The summed E-state index contributed by atoms with van der Waals surface area (Å²) < 4.78 is 5.28. The van der Waals surface area contributed by atoms with Crippen LogP contribution in [-0.4, -0.2) is 54.1 Å². The minimum absolute atomic E-state index is 0.0871. The fourth-order valence-corrected chi connectivity index (χ4v) is 3.54. The lowest BCUT2D eigenvalue weighted by Crippen LogP contribution is -2.41. The molecule has 1 heterocycles.